The molecule has 3 saturated heterocycles. The quantitative estimate of drug-likeness (QED) is 0.0940. The van der Waals surface area contributed by atoms with Crippen molar-refractivity contribution in [2.45, 2.75) is 57.2 Å². The number of hydrogen-bond acceptors (Lipinski definition) is 13. The van der Waals surface area contributed by atoms with Gasteiger partial charge in [0.05, 0.1) is 41.9 Å². The van der Waals surface area contributed by atoms with Gasteiger partial charge in [-0.2, -0.15) is 9.97 Å². The largest absolute Gasteiger partial charge is 0.493 e. The van der Waals surface area contributed by atoms with Crippen molar-refractivity contribution in [3.63, 3.8) is 0 Å². The summed E-state index contributed by atoms with van der Waals surface area (Å²) in [4.78, 5) is 58.5. The van der Waals surface area contributed by atoms with E-state index in [1.165, 1.54) is 16.6 Å². The molecule has 0 spiro atoms. The molecule has 4 N–H and O–H groups in total. The summed E-state index contributed by atoms with van der Waals surface area (Å²) in [6.45, 7) is 7.48. The number of anilines is 6. The molecule has 1 unspecified atom stereocenters. The summed E-state index contributed by atoms with van der Waals surface area (Å²) in [7, 11) is -3.48. The minimum Gasteiger partial charge on any atom is -0.493 e. The molecule has 17 nitrogen and oxygen atoms in total. The van der Waals surface area contributed by atoms with Gasteiger partial charge in [-0.05, 0) is 80.1 Å². The Morgan fingerprint density at radius 2 is 1.71 bits per heavy atom. The SMILES string of the molecule is CS(=O)(=O)N1CCc2cccc(Nc3nc(Nc4ccc(N5CCC(N6CCN(CCCOc7cccc8c7CN(C7CCC(=O)NC7=O)C8=O)CC6)CC5)c(F)c4)nc4[nH]ccc34)c21. The predicted molar refractivity (Wildman–Crippen MR) is 245 cm³/mol. The van der Waals surface area contributed by atoms with Gasteiger partial charge in [-0.3, -0.25) is 28.9 Å². The second-order valence-electron chi connectivity index (χ2n) is 17.4. The van der Waals surface area contributed by atoms with Crippen molar-refractivity contribution < 1.29 is 31.9 Å². The van der Waals surface area contributed by atoms with Crippen LogP contribution in [0.5, 0.6) is 5.75 Å². The monoisotopic (exact) mass is 905 g/mol. The number of imide groups is 1. The molecule has 0 saturated carbocycles. The van der Waals surface area contributed by atoms with Crippen molar-refractivity contribution in [3.8, 4) is 5.75 Å². The third-order valence-electron chi connectivity index (χ3n) is 13.4. The Kier molecular flexibility index (Phi) is 11.5. The number of piperidine rings is 2. The highest BCUT2D eigenvalue weighted by Gasteiger charge is 2.40. The summed E-state index contributed by atoms with van der Waals surface area (Å²) in [6, 6.07) is 17.9. The molecular formula is C46H52FN11O6S. The maximum absolute atomic E-state index is 15.8. The van der Waals surface area contributed by atoms with Crippen molar-refractivity contribution in [2.75, 3.05) is 85.1 Å². The second kappa shape index (κ2) is 17.6. The number of benzene rings is 3. The number of nitrogens with one attached hydrogen (secondary N) is 4. The lowest BCUT2D eigenvalue weighted by atomic mass is 10.0. The zero-order valence-corrected chi connectivity index (χ0v) is 37.0. The average Bonchev–Trinajstić information content (AvgIpc) is 4.04. The molecule has 3 fully saturated rings. The van der Waals surface area contributed by atoms with Crippen molar-refractivity contribution in [1.82, 2.24) is 35.0 Å². The summed E-state index contributed by atoms with van der Waals surface area (Å²) in [5.74, 6) is 0.135. The molecule has 1 atom stereocenters. The van der Waals surface area contributed by atoms with Gasteiger partial charge < -0.3 is 35.1 Å². The minimum absolute atomic E-state index is 0.207. The number of nitrogens with zero attached hydrogens (tertiary/aromatic N) is 7. The summed E-state index contributed by atoms with van der Waals surface area (Å²) >= 11 is 0. The van der Waals surface area contributed by atoms with Gasteiger partial charge in [0.15, 0.2) is 0 Å². The number of rotatable bonds is 13. The van der Waals surface area contributed by atoms with Crippen LogP contribution in [0.1, 0.15) is 53.6 Å². The molecule has 5 aliphatic heterocycles. The van der Waals surface area contributed by atoms with E-state index in [9.17, 15) is 22.8 Å². The summed E-state index contributed by atoms with van der Waals surface area (Å²) in [5.41, 5.74) is 5.15. The molecule has 3 aromatic carbocycles. The molecule has 2 aromatic heterocycles. The van der Waals surface area contributed by atoms with Gasteiger partial charge in [0.25, 0.3) is 5.91 Å². The number of halogens is 1. The highest BCUT2D eigenvalue weighted by Crippen LogP contribution is 2.40. The number of fused-ring (bicyclic) bond motifs is 3. The van der Waals surface area contributed by atoms with Crippen LogP contribution in [0, 0.1) is 5.82 Å². The molecule has 5 aliphatic rings. The van der Waals surface area contributed by atoms with Crippen molar-refractivity contribution >= 4 is 73.3 Å². The van der Waals surface area contributed by atoms with Crippen LogP contribution in [0.4, 0.5) is 38.9 Å². The number of amides is 3. The van der Waals surface area contributed by atoms with Crippen LogP contribution in [0.3, 0.4) is 0 Å². The van der Waals surface area contributed by atoms with Gasteiger partial charge in [0, 0.05) is 87.8 Å². The van der Waals surface area contributed by atoms with Crippen LogP contribution >= 0.6 is 0 Å². The summed E-state index contributed by atoms with van der Waals surface area (Å²) in [6.07, 6.45) is 6.86. The molecule has 5 aromatic rings. The van der Waals surface area contributed by atoms with E-state index in [-0.39, 0.29) is 36.5 Å². The average molecular weight is 906 g/mol. The third kappa shape index (κ3) is 8.67. The Labute approximate surface area is 376 Å². The molecule has 65 heavy (non-hydrogen) atoms. The maximum Gasteiger partial charge on any atom is 0.255 e. The number of aromatic amines is 1. The van der Waals surface area contributed by atoms with Gasteiger partial charge in [-0.15, -0.1) is 0 Å². The highest BCUT2D eigenvalue weighted by atomic mass is 32.2. The lowest BCUT2D eigenvalue weighted by Crippen LogP contribution is -2.53. The second-order valence-corrected chi connectivity index (χ2v) is 19.3. The molecule has 0 bridgehead atoms. The lowest BCUT2D eigenvalue weighted by Gasteiger charge is -2.43. The van der Waals surface area contributed by atoms with Gasteiger partial charge in [0.2, 0.25) is 27.8 Å². The third-order valence-corrected chi connectivity index (χ3v) is 14.5. The maximum atomic E-state index is 15.8. The minimum atomic E-state index is -3.48. The van der Waals surface area contributed by atoms with E-state index in [0.717, 1.165) is 81.6 Å². The van der Waals surface area contributed by atoms with E-state index in [4.69, 9.17) is 9.72 Å². The van der Waals surface area contributed by atoms with Crippen LogP contribution < -0.4 is 29.9 Å². The predicted octanol–water partition coefficient (Wildman–Crippen LogP) is 4.72. The Bertz CT molecular complexity index is 2770. The fourth-order valence-corrected chi connectivity index (χ4v) is 11.0. The number of carbonyl (C=O) groups is 3. The number of hydrogen-bond donors (Lipinski definition) is 4. The van der Waals surface area contributed by atoms with Crippen molar-refractivity contribution in [1.29, 1.82) is 0 Å². The van der Waals surface area contributed by atoms with E-state index in [0.29, 0.717) is 77.6 Å². The number of para-hydroxylation sites is 1. The number of sulfonamides is 1. The van der Waals surface area contributed by atoms with Crippen molar-refractivity contribution in [2.24, 2.45) is 0 Å². The number of ether oxygens (including phenoxy) is 1. The zero-order chi connectivity index (χ0) is 44.8. The van der Waals surface area contributed by atoms with E-state index >= 15 is 4.39 Å². The Balaban J connectivity index is 0.689. The first kappa shape index (κ1) is 42.6. The van der Waals surface area contributed by atoms with E-state index in [2.05, 4.69) is 40.6 Å². The van der Waals surface area contributed by atoms with E-state index < -0.39 is 22.0 Å². The molecule has 19 heteroatoms. The fraction of sp³-hybridized carbons (Fsp3) is 0.413. The lowest BCUT2D eigenvalue weighted by molar-refractivity contribution is -0.136. The topological polar surface area (TPSA) is 188 Å². The normalized spacial score (nSPS) is 19.8. The van der Waals surface area contributed by atoms with Crippen LogP contribution in [-0.4, -0.2) is 133 Å². The fourth-order valence-electron chi connectivity index (χ4n) is 10.0. The first-order valence-corrected chi connectivity index (χ1v) is 24.2. The molecule has 0 aliphatic carbocycles. The number of piperazine rings is 1. The van der Waals surface area contributed by atoms with E-state index in [1.54, 1.807) is 23.2 Å². The van der Waals surface area contributed by atoms with Gasteiger partial charge in [-0.25, -0.2) is 12.8 Å². The number of H-pyrrole nitrogens is 1. The Morgan fingerprint density at radius 1 is 0.892 bits per heavy atom. The number of carbonyl (C=O) groups excluding carboxylic acids is 3. The first-order valence-electron chi connectivity index (χ1n) is 22.4. The molecule has 10 rings (SSSR count). The van der Waals surface area contributed by atoms with Gasteiger partial charge >= 0.3 is 0 Å². The smallest absolute Gasteiger partial charge is 0.255 e. The van der Waals surface area contributed by atoms with Crippen LogP contribution in [0.15, 0.2) is 66.9 Å². The Hall–Kier alpha value is -6.31. The molecule has 7 heterocycles. The van der Waals surface area contributed by atoms with Crippen LogP contribution in [0.25, 0.3) is 11.0 Å². The molecule has 340 valence electrons. The first-order chi connectivity index (χ1) is 31.5. The van der Waals surface area contributed by atoms with Gasteiger partial charge in [0.1, 0.15) is 29.1 Å². The summed E-state index contributed by atoms with van der Waals surface area (Å²) in [5, 5.41) is 9.61. The van der Waals surface area contributed by atoms with Crippen LogP contribution in [0.2, 0.25) is 0 Å². The van der Waals surface area contributed by atoms with E-state index in [1.807, 2.05) is 42.5 Å². The zero-order valence-electron chi connectivity index (χ0n) is 36.2. The highest BCUT2D eigenvalue weighted by molar-refractivity contribution is 7.92. The Morgan fingerprint density at radius 3 is 2.49 bits per heavy atom. The molecular weight excluding hydrogens is 854 g/mol. The number of aromatic nitrogens is 3. The molecule has 0 radical (unpaired) electrons. The van der Waals surface area contributed by atoms with Gasteiger partial charge in [-0.1, -0.05) is 18.2 Å². The van der Waals surface area contributed by atoms with Crippen molar-refractivity contribution in [3.05, 3.63) is 89.4 Å². The molecule has 3 amide bonds. The standard InChI is InChI=1S/C46H52FN11O6S/c1-65(62,63)58-21-14-29-5-2-7-36(41(29)58)50-43-33-13-17-48-42(33)52-46(53-43)49-30-9-10-37(35(47)27-30)56-19-15-31(16-20-56)55-24-22-54(23-25-55)18-4-26-64-39-8-3-6-32-34(39)28-57(45(32)61)38-11-12-40(59)51-44(38)60/h2-3,5-10,13,17,27,31,38H,4,11-12,14-16,18-26,28H2,1H3,(H,51,59,60)(H3,48,49,50,52,53). The van der Waals surface area contributed by atoms with Crippen LogP contribution in [-0.2, 0) is 32.6 Å². The summed E-state index contributed by atoms with van der Waals surface area (Å²) < 4.78 is 48.6.